The molecule has 29 heavy (non-hydrogen) atoms. The number of ether oxygens (including phenoxy) is 1. The zero-order valence-corrected chi connectivity index (χ0v) is 17.6. The second-order valence-corrected chi connectivity index (χ2v) is 8.91. The maximum Gasteiger partial charge on any atom is 0.422 e. The molecule has 1 heterocycles. The van der Waals surface area contributed by atoms with Crippen LogP contribution in [0.2, 0.25) is 0 Å². The minimum atomic E-state index is -4.41. The third-order valence-electron chi connectivity index (χ3n) is 4.57. The molecular weight excluding hydrogens is 405 g/mol. The number of pyridine rings is 1. The molecule has 1 fully saturated rings. The normalized spacial score (nSPS) is 21.5. The van der Waals surface area contributed by atoms with Gasteiger partial charge in [0.2, 0.25) is 5.88 Å². The molecule has 2 N–H and O–H groups in total. The first-order valence-electron chi connectivity index (χ1n) is 9.87. The number of nitrogens with one attached hydrogen (secondary N) is 2. The van der Waals surface area contributed by atoms with Crippen LogP contribution in [-0.4, -0.2) is 51.5 Å². The van der Waals surface area contributed by atoms with Crippen molar-refractivity contribution in [3.63, 3.8) is 0 Å². The molecule has 0 amide bonds. The van der Waals surface area contributed by atoms with Gasteiger partial charge in [-0.05, 0) is 37.8 Å². The molecule has 1 aliphatic rings. The molecular formula is C19H29F3N4O2S. The number of nitrogens with zero attached hydrogens (tertiary/aromatic N) is 2. The van der Waals surface area contributed by atoms with Crippen molar-refractivity contribution in [1.82, 2.24) is 15.6 Å². The quantitative estimate of drug-likeness (QED) is 0.486. The number of aliphatic imine (C=N–C) groups is 1. The number of guanidine groups is 1. The number of halogens is 3. The highest BCUT2D eigenvalue weighted by atomic mass is 32.2. The Bertz CT molecular complexity index is 700. The third-order valence-corrected chi connectivity index (χ3v) is 6.31. The fourth-order valence-electron chi connectivity index (χ4n) is 3.22. The van der Waals surface area contributed by atoms with Crippen molar-refractivity contribution in [2.75, 3.05) is 18.9 Å². The van der Waals surface area contributed by atoms with Crippen molar-refractivity contribution in [1.29, 1.82) is 0 Å². The van der Waals surface area contributed by atoms with Crippen LogP contribution in [0.5, 0.6) is 5.88 Å². The Labute approximate surface area is 172 Å². The van der Waals surface area contributed by atoms with Gasteiger partial charge >= 0.3 is 6.18 Å². The topological polar surface area (TPSA) is 75.6 Å². The summed E-state index contributed by atoms with van der Waals surface area (Å²) in [6.45, 7) is 3.48. The first-order chi connectivity index (χ1) is 13.8. The van der Waals surface area contributed by atoms with Crippen molar-refractivity contribution >= 4 is 16.8 Å². The standard InChI is InChI=1S/C19H29F3N4O2S/c1-3-23-18(26-15-6-5-7-16(11-15)29(27)4-2)25-12-14-8-9-24-17(10-14)28-13-19(20,21)22/h8-10,15-16H,3-7,11-13H2,1-2H3,(H2,23,25,26). The molecule has 0 aliphatic heterocycles. The summed E-state index contributed by atoms with van der Waals surface area (Å²) in [5, 5.41) is 6.80. The maximum atomic E-state index is 12.3. The molecule has 3 atom stereocenters. The summed E-state index contributed by atoms with van der Waals surface area (Å²) in [5.74, 6) is 1.23. The van der Waals surface area contributed by atoms with Crippen molar-refractivity contribution in [2.24, 2.45) is 4.99 Å². The van der Waals surface area contributed by atoms with E-state index in [2.05, 4.69) is 25.3 Å². The van der Waals surface area contributed by atoms with Gasteiger partial charge in [0, 0.05) is 46.7 Å². The van der Waals surface area contributed by atoms with Crippen molar-refractivity contribution in [3.8, 4) is 5.88 Å². The Morgan fingerprint density at radius 2 is 2.17 bits per heavy atom. The Kier molecular flexibility index (Phi) is 9.19. The van der Waals surface area contributed by atoms with Crippen LogP contribution in [0.25, 0.3) is 0 Å². The molecule has 3 unspecified atom stereocenters. The SMILES string of the molecule is CCNC(=NCc1ccnc(OCC(F)(F)F)c1)NC1CCCC(S(=O)CC)C1. The molecule has 0 spiro atoms. The van der Waals surface area contributed by atoms with Crippen LogP contribution in [0, 0.1) is 0 Å². The lowest BCUT2D eigenvalue weighted by Crippen LogP contribution is -2.46. The van der Waals surface area contributed by atoms with E-state index in [0.29, 0.717) is 23.8 Å². The van der Waals surface area contributed by atoms with Gasteiger partial charge in [0.15, 0.2) is 12.6 Å². The van der Waals surface area contributed by atoms with Crippen LogP contribution in [0.4, 0.5) is 13.2 Å². The predicted molar refractivity (Wildman–Crippen MR) is 108 cm³/mol. The van der Waals surface area contributed by atoms with Gasteiger partial charge in [0.1, 0.15) is 0 Å². The van der Waals surface area contributed by atoms with Gasteiger partial charge < -0.3 is 15.4 Å². The molecule has 10 heteroatoms. The largest absolute Gasteiger partial charge is 0.468 e. The van der Waals surface area contributed by atoms with Crippen LogP contribution in [0.3, 0.4) is 0 Å². The molecule has 0 bridgehead atoms. The number of hydrogen-bond acceptors (Lipinski definition) is 4. The second kappa shape index (κ2) is 11.4. The van der Waals surface area contributed by atoms with Gasteiger partial charge in [-0.1, -0.05) is 13.3 Å². The van der Waals surface area contributed by atoms with Crippen molar-refractivity contribution < 1.29 is 22.1 Å². The molecule has 0 saturated heterocycles. The van der Waals surface area contributed by atoms with E-state index in [-0.39, 0.29) is 23.7 Å². The lowest BCUT2D eigenvalue weighted by molar-refractivity contribution is -0.154. The molecule has 1 aromatic heterocycles. The lowest BCUT2D eigenvalue weighted by atomic mass is 9.95. The van der Waals surface area contributed by atoms with E-state index < -0.39 is 23.6 Å². The smallest absolute Gasteiger partial charge is 0.422 e. The molecule has 164 valence electrons. The van der Waals surface area contributed by atoms with E-state index in [0.717, 1.165) is 25.7 Å². The fourth-order valence-corrected chi connectivity index (χ4v) is 4.57. The van der Waals surface area contributed by atoms with Crippen LogP contribution in [-0.2, 0) is 17.3 Å². The van der Waals surface area contributed by atoms with Gasteiger partial charge in [0.05, 0.1) is 6.54 Å². The molecule has 6 nitrogen and oxygen atoms in total. The number of aromatic nitrogens is 1. The van der Waals surface area contributed by atoms with E-state index in [1.807, 2.05) is 13.8 Å². The molecule has 2 rings (SSSR count). The summed E-state index contributed by atoms with van der Waals surface area (Å²) >= 11 is 0. The van der Waals surface area contributed by atoms with Gasteiger partial charge in [-0.25, -0.2) is 9.98 Å². The van der Waals surface area contributed by atoms with E-state index in [4.69, 9.17) is 0 Å². The summed E-state index contributed by atoms with van der Waals surface area (Å²) in [5.41, 5.74) is 0.697. The van der Waals surface area contributed by atoms with Crippen molar-refractivity contribution in [2.45, 2.75) is 63.5 Å². The molecule has 1 saturated carbocycles. The summed E-state index contributed by atoms with van der Waals surface area (Å²) < 4.78 is 53.7. The average Bonchev–Trinajstić information content (AvgIpc) is 2.70. The highest BCUT2D eigenvalue weighted by Crippen LogP contribution is 2.23. The number of alkyl halides is 3. The highest BCUT2D eigenvalue weighted by Gasteiger charge is 2.28. The van der Waals surface area contributed by atoms with Gasteiger partial charge in [-0.15, -0.1) is 0 Å². The van der Waals surface area contributed by atoms with E-state index in [1.54, 1.807) is 6.07 Å². The van der Waals surface area contributed by atoms with E-state index in [1.165, 1.54) is 12.3 Å². The monoisotopic (exact) mass is 434 g/mol. The third kappa shape index (κ3) is 8.59. The fraction of sp³-hybridized carbons (Fsp3) is 0.684. The maximum absolute atomic E-state index is 12.3. The van der Waals surface area contributed by atoms with Crippen LogP contribution >= 0.6 is 0 Å². The van der Waals surface area contributed by atoms with Crippen LogP contribution in [0.1, 0.15) is 45.1 Å². The molecule has 1 aliphatic carbocycles. The minimum Gasteiger partial charge on any atom is -0.468 e. The van der Waals surface area contributed by atoms with Gasteiger partial charge in [-0.3, -0.25) is 4.21 Å². The zero-order valence-electron chi connectivity index (χ0n) is 16.8. The molecule has 0 aromatic carbocycles. The van der Waals surface area contributed by atoms with Crippen LogP contribution < -0.4 is 15.4 Å². The predicted octanol–water partition coefficient (Wildman–Crippen LogP) is 3.16. The Hall–Kier alpha value is -1.84. The second-order valence-electron chi connectivity index (χ2n) is 6.90. The van der Waals surface area contributed by atoms with Crippen LogP contribution in [0.15, 0.2) is 23.3 Å². The van der Waals surface area contributed by atoms with E-state index >= 15 is 0 Å². The first kappa shape index (κ1) is 23.4. The lowest BCUT2D eigenvalue weighted by Gasteiger charge is -2.30. The number of rotatable bonds is 8. The highest BCUT2D eigenvalue weighted by molar-refractivity contribution is 7.85. The molecule has 0 radical (unpaired) electrons. The summed E-state index contributed by atoms with van der Waals surface area (Å²) in [7, 11) is -0.799. The Morgan fingerprint density at radius 3 is 2.86 bits per heavy atom. The summed E-state index contributed by atoms with van der Waals surface area (Å²) in [6, 6.07) is 3.35. The van der Waals surface area contributed by atoms with Gasteiger partial charge in [0.25, 0.3) is 0 Å². The average molecular weight is 435 g/mol. The number of hydrogen-bond donors (Lipinski definition) is 2. The zero-order chi connectivity index (χ0) is 21.3. The first-order valence-corrected chi connectivity index (χ1v) is 11.3. The van der Waals surface area contributed by atoms with Crippen molar-refractivity contribution in [3.05, 3.63) is 23.9 Å². The van der Waals surface area contributed by atoms with Gasteiger partial charge in [-0.2, -0.15) is 13.2 Å². The summed E-state index contributed by atoms with van der Waals surface area (Å²) in [4.78, 5) is 8.33. The minimum absolute atomic E-state index is 0.0786. The van der Waals surface area contributed by atoms with E-state index in [9.17, 15) is 17.4 Å². The Morgan fingerprint density at radius 1 is 1.38 bits per heavy atom. The Balaban J connectivity index is 1.97. The molecule has 1 aromatic rings. The summed E-state index contributed by atoms with van der Waals surface area (Å²) in [6.07, 6.45) is 0.851.